The molecule has 0 radical (unpaired) electrons. The summed E-state index contributed by atoms with van der Waals surface area (Å²) in [7, 11) is 0. The van der Waals surface area contributed by atoms with Crippen LogP contribution in [-0.4, -0.2) is 14.8 Å². The van der Waals surface area contributed by atoms with Gasteiger partial charge in [-0.05, 0) is 23.8 Å². The summed E-state index contributed by atoms with van der Waals surface area (Å²) < 4.78 is 53.4. The van der Waals surface area contributed by atoms with Crippen molar-refractivity contribution >= 4 is 10.9 Å². The van der Waals surface area contributed by atoms with E-state index >= 15 is 0 Å². The van der Waals surface area contributed by atoms with E-state index in [2.05, 4.69) is 10.1 Å². The molecule has 0 aliphatic carbocycles. The van der Waals surface area contributed by atoms with Crippen LogP contribution in [0.15, 0.2) is 42.9 Å². The van der Waals surface area contributed by atoms with E-state index in [1.807, 2.05) is 0 Å². The van der Waals surface area contributed by atoms with Gasteiger partial charge in [0.2, 0.25) is 0 Å². The zero-order valence-electron chi connectivity index (χ0n) is 10.6. The summed E-state index contributed by atoms with van der Waals surface area (Å²) in [5.74, 6) is -0.916. The maximum absolute atomic E-state index is 13.1. The summed E-state index contributed by atoms with van der Waals surface area (Å²) in [5, 5.41) is 4.78. The van der Waals surface area contributed by atoms with Gasteiger partial charge in [0.1, 0.15) is 5.82 Å². The van der Waals surface area contributed by atoms with E-state index in [-0.39, 0.29) is 12.1 Å². The third kappa shape index (κ3) is 2.58. The first-order chi connectivity index (χ1) is 9.95. The van der Waals surface area contributed by atoms with E-state index in [0.717, 1.165) is 17.5 Å². The molecular formula is C14H9F4N3. The van der Waals surface area contributed by atoms with Crippen LogP contribution >= 0.6 is 0 Å². The van der Waals surface area contributed by atoms with Crippen molar-refractivity contribution in [3.05, 3.63) is 59.8 Å². The van der Waals surface area contributed by atoms with Gasteiger partial charge in [0.05, 0.1) is 23.8 Å². The van der Waals surface area contributed by atoms with E-state index in [0.29, 0.717) is 11.6 Å². The molecule has 0 bridgehead atoms. The van der Waals surface area contributed by atoms with Crippen LogP contribution in [0.3, 0.4) is 0 Å². The lowest BCUT2D eigenvalue weighted by molar-refractivity contribution is -0.138. The van der Waals surface area contributed by atoms with E-state index in [1.165, 1.54) is 17.1 Å². The van der Waals surface area contributed by atoms with Crippen LogP contribution in [0.5, 0.6) is 0 Å². The number of pyridine rings is 1. The molecule has 0 N–H and O–H groups in total. The maximum atomic E-state index is 13.1. The van der Waals surface area contributed by atoms with Crippen molar-refractivity contribution in [3.63, 3.8) is 0 Å². The lowest BCUT2D eigenvalue weighted by atomic mass is 10.1. The summed E-state index contributed by atoms with van der Waals surface area (Å²) in [5.41, 5.74) is -0.353. The summed E-state index contributed by atoms with van der Waals surface area (Å²) in [6.07, 6.45) is 0.0328. The number of hydrogen-bond acceptors (Lipinski definition) is 2. The highest BCUT2D eigenvalue weighted by Crippen LogP contribution is 2.33. The highest BCUT2D eigenvalue weighted by Gasteiger charge is 2.33. The standard InChI is InChI=1S/C14H9F4N3/c15-11-2-1-9(12(5-11)14(16,17)18)8-21-13-3-4-19-6-10(13)7-20-21/h1-7H,8H2. The minimum absolute atomic E-state index is 0.0364. The van der Waals surface area contributed by atoms with Gasteiger partial charge in [-0.25, -0.2) is 4.39 Å². The van der Waals surface area contributed by atoms with E-state index in [1.54, 1.807) is 12.3 Å². The summed E-state index contributed by atoms with van der Waals surface area (Å²) in [6, 6.07) is 4.31. The molecule has 0 spiro atoms. The van der Waals surface area contributed by atoms with Crippen molar-refractivity contribution in [1.29, 1.82) is 0 Å². The number of rotatable bonds is 2. The predicted octanol–water partition coefficient (Wildman–Crippen LogP) is 3.64. The number of halogens is 4. The Balaban J connectivity index is 2.06. The molecule has 0 fully saturated rings. The molecule has 2 aromatic heterocycles. The molecule has 0 atom stereocenters. The van der Waals surface area contributed by atoms with E-state index < -0.39 is 17.6 Å². The molecule has 0 aliphatic rings. The monoisotopic (exact) mass is 295 g/mol. The molecule has 3 rings (SSSR count). The molecular weight excluding hydrogens is 286 g/mol. The average molecular weight is 295 g/mol. The van der Waals surface area contributed by atoms with Crippen LogP contribution in [0.4, 0.5) is 17.6 Å². The number of nitrogens with zero attached hydrogens (tertiary/aromatic N) is 3. The zero-order valence-corrected chi connectivity index (χ0v) is 10.6. The van der Waals surface area contributed by atoms with E-state index in [4.69, 9.17) is 0 Å². The van der Waals surface area contributed by atoms with Gasteiger partial charge >= 0.3 is 6.18 Å². The van der Waals surface area contributed by atoms with Gasteiger partial charge in [-0.1, -0.05) is 6.07 Å². The van der Waals surface area contributed by atoms with Crippen LogP contribution in [0.1, 0.15) is 11.1 Å². The second-order valence-electron chi connectivity index (χ2n) is 4.54. The minimum Gasteiger partial charge on any atom is -0.264 e. The minimum atomic E-state index is -4.61. The van der Waals surface area contributed by atoms with Crippen LogP contribution in [0, 0.1) is 5.82 Å². The van der Waals surface area contributed by atoms with Gasteiger partial charge in [0.15, 0.2) is 0 Å². The van der Waals surface area contributed by atoms with Crippen molar-refractivity contribution in [2.75, 3.05) is 0 Å². The fraction of sp³-hybridized carbons (Fsp3) is 0.143. The summed E-state index contributed by atoms with van der Waals surface area (Å²) >= 11 is 0. The lowest BCUT2D eigenvalue weighted by Crippen LogP contribution is -2.13. The fourth-order valence-corrected chi connectivity index (χ4v) is 2.17. The van der Waals surface area contributed by atoms with Crippen molar-refractivity contribution in [3.8, 4) is 0 Å². The molecule has 0 amide bonds. The number of benzene rings is 1. The van der Waals surface area contributed by atoms with Crippen LogP contribution in [-0.2, 0) is 12.7 Å². The Hall–Kier alpha value is -2.44. The van der Waals surface area contributed by atoms with Gasteiger partial charge in [0.25, 0.3) is 0 Å². The summed E-state index contributed by atoms with van der Waals surface area (Å²) in [4.78, 5) is 3.92. The smallest absolute Gasteiger partial charge is 0.264 e. The highest BCUT2D eigenvalue weighted by atomic mass is 19.4. The average Bonchev–Trinajstić information content (AvgIpc) is 2.83. The molecule has 3 aromatic rings. The second-order valence-corrected chi connectivity index (χ2v) is 4.54. The van der Waals surface area contributed by atoms with Gasteiger partial charge < -0.3 is 0 Å². The molecule has 7 heteroatoms. The van der Waals surface area contributed by atoms with Gasteiger partial charge in [-0.15, -0.1) is 0 Å². The Labute approximate surface area is 116 Å². The Kier molecular flexibility index (Phi) is 3.12. The number of fused-ring (bicyclic) bond motifs is 1. The first-order valence-corrected chi connectivity index (χ1v) is 6.06. The highest BCUT2D eigenvalue weighted by molar-refractivity contribution is 5.77. The van der Waals surface area contributed by atoms with Crippen molar-refractivity contribution in [2.24, 2.45) is 0 Å². The number of hydrogen-bond donors (Lipinski definition) is 0. The van der Waals surface area contributed by atoms with Gasteiger partial charge in [-0.3, -0.25) is 9.67 Å². The fourth-order valence-electron chi connectivity index (χ4n) is 2.17. The molecule has 0 aliphatic heterocycles. The first kappa shape index (κ1) is 13.5. The largest absolute Gasteiger partial charge is 0.416 e. The second kappa shape index (κ2) is 4.83. The predicted molar refractivity (Wildman–Crippen MR) is 68.0 cm³/mol. The van der Waals surface area contributed by atoms with Crippen molar-refractivity contribution in [1.82, 2.24) is 14.8 Å². The third-order valence-electron chi connectivity index (χ3n) is 3.14. The molecule has 108 valence electrons. The molecule has 1 aromatic carbocycles. The molecule has 0 saturated carbocycles. The normalized spacial score (nSPS) is 12.0. The Bertz CT molecular complexity index is 792. The van der Waals surface area contributed by atoms with Crippen LogP contribution in [0.2, 0.25) is 0 Å². The number of aromatic nitrogens is 3. The van der Waals surface area contributed by atoms with Gasteiger partial charge in [0, 0.05) is 17.8 Å². The third-order valence-corrected chi connectivity index (χ3v) is 3.14. The SMILES string of the molecule is Fc1ccc(Cn2ncc3cnccc32)c(C(F)(F)F)c1. The summed E-state index contributed by atoms with van der Waals surface area (Å²) in [6.45, 7) is -0.0946. The first-order valence-electron chi connectivity index (χ1n) is 6.06. The zero-order chi connectivity index (χ0) is 15.0. The Morgan fingerprint density at radius 3 is 2.67 bits per heavy atom. The molecule has 0 saturated heterocycles. The van der Waals surface area contributed by atoms with Gasteiger partial charge in [-0.2, -0.15) is 18.3 Å². The molecule has 3 nitrogen and oxygen atoms in total. The topological polar surface area (TPSA) is 30.7 Å². The van der Waals surface area contributed by atoms with Crippen molar-refractivity contribution < 1.29 is 17.6 Å². The van der Waals surface area contributed by atoms with E-state index in [9.17, 15) is 17.6 Å². The number of alkyl halides is 3. The van der Waals surface area contributed by atoms with Crippen LogP contribution in [0.25, 0.3) is 10.9 Å². The van der Waals surface area contributed by atoms with Crippen molar-refractivity contribution in [2.45, 2.75) is 12.7 Å². The Morgan fingerprint density at radius 1 is 1.10 bits per heavy atom. The molecule has 21 heavy (non-hydrogen) atoms. The quantitative estimate of drug-likeness (QED) is 0.676. The Morgan fingerprint density at radius 2 is 1.90 bits per heavy atom. The maximum Gasteiger partial charge on any atom is 0.416 e. The van der Waals surface area contributed by atoms with Crippen LogP contribution < -0.4 is 0 Å². The lowest BCUT2D eigenvalue weighted by Gasteiger charge is -2.13. The molecule has 0 unspecified atom stereocenters. The molecule has 2 heterocycles.